The molecule has 3 rings (SSSR count). The van der Waals surface area contributed by atoms with Crippen LogP contribution in [-0.2, 0) is 14.3 Å². The molecule has 0 fully saturated rings. The molecule has 0 aliphatic rings. The minimum Gasteiger partial charge on any atom is -0.493 e. The molecule has 0 aromatic heterocycles. The maximum Gasteiger partial charge on any atom is 0.338 e. The molecule has 0 atom stereocenters. The highest BCUT2D eigenvalue weighted by Crippen LogP contribution is 2.32. The molecule has 9 nitrogen and oxygen atoms in total. The van der Waals surface area contributed by atoms with E-state index in [4.69, 9.17) is 36.3 Å². The van der Waals surface area contributed by atoms with Gasteiger partial charge in [-0.25, -0.2) is 4.79 Å². The molecule has 182 valence electrons. The van der Waals surface area contributed by atoms with Gasteiger partial charge in [0.25, 0.3) is 11.8 Å². The molecule has 0 aliphatic heterocycles. The number of carbonyl (C=O) groups is 3. The molecular formula is C25H23ClN2O7. The third kappa shape index (κ3) is 7.38. The van der Waals surface area contributed by atoms with Gasteiger partial charge in [0.2, 0.25) is 0 Å². The van der Waals surface area contributed by atoms with Crippen molar-refractivity contribution in [2.45, 2.75) is 6.92 Å². The lowest BCUT2D eigenvalue weighted by Gasteiger charge is -2.13. The monoisotopic (exact) mass is 498 g/mol. The Morgan fingerprint density at radius 2 is 1.63 bits per heavy atom. The summed E-state index contributed by atoms with van der Waals surface area (Å²) in [5.74, 6) is -0.644. The van der Waals surface area contributed by atoms with Gasteiger partial charge >= 0.3 is 5.97 Å². The molecule has 10 heteroatoms. The minimum absolute atomic E-state index is 0.118. The highest BCUT2D eigenvalue weighted by molar-refractivity contribution is 6.31. The molecule has 0 aliphatic carbocycles. The largest absolute Gasteiger partial charge is 0.493 e. The summed E-state index contributed by atoms with van der Waals surface area (Å²) in [4.78, 5) is 35.8. The number of methoxy groups -OCH3 is 1. The molecular weight excluding hydrogens is 476 g/mol. The number of hydrogen-bond donors (Lipinski definition) is 2. The molecule has 0 saturated carbocycles. The average molecular weight is 499 g/mol. The first-order valence-corrected chi connectivity index (χ1v) is 10.7. The number of nitrogens with one attached hydrogen (secondary N) is 1. The number of amides is 2. The van der Waals surface area contributed by atoms with Crippen LogP contribution in [0.2, 0.25) is 5.02 Å². The molecule has 0 radical (unpaired) electrons. The lowest BCUT2D eigenvalue weighted by molar-refractivity contribution is -0.120. The topological polar surface area (TPSA) is 126 Å². The third-order valence-electron chi connectivity index (χ3n) is 4.57. The van der Waals surface area contributed by atoms with Crippen LogP contribution in [0.15, 0.2) is 60.7 Å². The van der Waals surface area contributed by atoms with Crippen molar-refractivity contribution in [2.24, 2.45) is 5.73 Å². The Kier molecular flexibility index (Phi) is 8.53. The third-order valence-corrected chi connectivity index (χ3v) is 4.80. The number of primary amides is 1. The molecule has 0 heterocycles. The van der Waals surface area contributed by atoms with Crippen LogP contribution in [0.5, 0.6) is 23.0 Å². The Labute approximate surface area is 206 Å². The van der Waals surface area contributed by atoms with Crippen molar-refractivity contribution in [3.8, 4) is 23.0 Å². The van der Waals surface area contributed by atoms with Gasteiger partial charge in [-0.15, -0.1) is 0 Å². The van der Waals surface area contributed by atoms with E-state index in [2.05, 4.69) is 5.32 Å². The van der Waals surface area contributed by atoms with Crippen molar-refractivity contribution in [2.75, 3.05) is 25.6 Å². The Balaban J connectivity index is 1.63. The lowest BCUT2D eigenvalue weighted by Crippen LogP contribution is -2.21. The predicted molar refractivity (Wildman–Crippen MR) is 129 cm³/mol. The summed E-state index contributed by atoms with van der Waals surface area (Å²) >= 11 is 6.07. The predicted octanol–water partition coefficient (Wildman–Crippen LogP) is 4.11. The summed E-state index contributed by atoms with van der Waals surface area (Å²) in [6.07, 6.45) is 0. The van der Waals surface area contributed by atoms with Crippen LogP contribution in [0.4, 0.5) is 5.69 Å². The second-order valence-corrected chi connectivity index (χ2v) is 7.74. The number of halogens is 1. The summed E-state index contributed by atoms with van der Waals surface area (Å²) in [7, 11) is 1.37. The number of benzene rings is 3. The summed E-state index contributed by atoms with van der Waals surface area (Å²) in [5, 5.41) is 3.02. The quantitative estimate of drug-likeness (QED) is 0.403. The van der Waals surface area contributed by atoms with E-state index in [-0.39, 0.29) is 23.7 Å². The molecule has 3 aromatic rings. The van der Waals surface area contributed by atoms with Gasteiger partial charge in [-0.3, -0.25) is 9.59 Å². The molecule has 2 amide bonds. The SMILES string of the molecule is COc1cc(C(=O)OCC(=O)Nc2cc(Cl)ccc2Oc2ccc(C)cc2)ccc1OCC(N)=O. The number of aryl methyl sites for hydroxylation is 1. The van der Waals surface area contributed by atoms with Crippen LogP contribution >= 0.6 is 11.6 Å². The fourth-order valence-electron chi connectivity index (χ4n) is 2.89. The number of esters is 1. The van der Waals surface area contributed by atoms with Gasteiger partial charge in [0.05, 0.1) is 18.4 Å². The molecule has 3 N–H and O–H groups in total. The van der Waals surface area contributed by atoms with Gasteiger partial charge in [-0.2, -0.15) is 0 Å². The Morgan fingerprint density at radius 1 is 0.914 bits per heavy atom. The van der Waals surface area contributed by atoms with Crippen LogP contribution in [0, 0.1) is 6.92 Å². The van der Waals surface area contributed by atoms with Crippen LogP contribution in [0.1, 0.15) is 15.9 Å². The Bertz CT molecular complexity index is 1230. The number of carbonyl (C=O) groups excluding carboxylic acids is 3. The van der Waals surface area contributed by atoms with Crippen molar-refractivity contribution in [3.63, 3.8) is 0 Å². The van der Waals surface area contributed by atoms with Crippen molar-refractivity contribution < 1.29 is 33.3 Å². The normalized spacial score (nSPS) is 10.3. The first kappa shape index (κ1) is 25.4. The first-order chi connectivity index (χ1) is 16.7. The smallest absolute Gasteiger partial charge is 0.338 e. The maximum atomic E-state index is 12.5. The molecule has 35 heavy (non-hydrogen) atoms. The fourth-order valence-corrected chi connectivity index (χ4v) is 3.06. The van der Waals surface area contributed by atoms with Crippen LogP contribution < -0.4 is 25.3 Å². The van der Waals surface area contributed by atoms with Gasteiger partial charge in [0, 0.05) is 5.02 Å². The highest BCUT2D eigenvalue weighted by atomic mass is 35.5. The van der Waals surface area contributed by atoms with E-state index in [0.717, 1.165) is 5.56 Å². The molecule has 0 unspecified atom stereocenters. The molecule has 3 aromatic carbocycles. The van der Waals surface area contributed by atoms with Crippen LogP contribution in [-0.4, -0.2) is 38.1 Å². The summed E-state index contributed by atoms with van der Waals surface area (Å²) in [6, 6.07) is 16.4. The van der Waals surface area contributed by atoms with E-state index in [1.54, 1.807) is 24.3 Å². The molecule has 0 bridgehead atoms. The second kappa shape index (κ2) is 11.8. The van der Waals surface area contributed by atoms with E-state index in [9.17, 15) is 14.4 Å². The van der Waals surface area contributed by atoms with Gasteiger partial charge in [-0.1, -0.05) is 29.3 Å². The van der Waals surface area contributed by atoms with E-state index in [1.807, 2.05) is 19.1 Å². The Hall–Kier alpha value is -4.24. The molecule has 0 saturated heterocycles. The van der Waals surface area contributed by atoms with Crippen molar-refractivity contribution in [3.05, 3.63) is 76.8 Å². The minimum atomic E-state index is -0.762. The average Bonchev–Trinajstić information content (AvgIpc) is 2.84. The standard InChI is InChI=1S/C25H23ClN2O7/c1-15-3-7-18(8-4-15)35-20-10-6-17(26)12-19(20)28-24(30)14-34-25(31)16-5-9-21(22(11-16)32-2)33-13-23(27)29/h3-12H,13-14H2,1-2H3,(H2,27,29)(H,28,30). The number of rotatable bonds is 10. The van der Waals surface area contributed by atoms with Crippen molar-refractivity contribution >= 4 is 35.1 Å². The van der Waals surface area contributed by atoms with Gasteiger partial charge < -0.3 is 30.0 Å². The molecule has 0 spiro atoms. The van der Waals surface area contributed by atoms with Crippen molar-refractivity contribution in [1.82, 2.24) is 0 Å². The number of hydrogen-bond acceptors (Lipinski definition) is 7. The Morgan fingerprint density at radius 3 is 2.31 bits per heavy atom. The van der Waals surface area contributed by atoms with Gasteiger partial charge in [0.15, 0.2) is 30.5 Å². The van der Waals surface area contributed by atoms with Crippen LogP contribution in [0.3, 0.4) is 0 Å². The van der Waals surface area contributed by atoms with Gasteiger partial charge in [0.1, 0.15) is 5.75 Å². The van der Waals surface area contributed by atoms with Gasteiger partial charge in [-0.05, 0) is 55.5 Å². The number of anilines is 1. The summed E-state index contributed by atoms with van der Waals surface area (Å²) in [5.41, 5.74) is 6.57. The number of ether oxygens (including phenoxy) is 4. The zero-order valence-corrected chi connectivity index (χ0v) is 19.8. The fraction of sp³-hybridized carbons (Fsp3) is 0.160. The van der Waals surface area contributed by atoms with E-state index >= 15 is 0 Å². The summed E-state index contributed by atoms with van der Waals surface area (Å²) < 4.78 is 21.3. The second-order valence-electron chi connectivity index (χ2n) is 7.30. The maximum absolute atomic E-state index is 12.5. The number of nitrogens with two attached hydrogens (primary N) is 1. The zero-order chi connectivity index (χ0) is 25.4. The summed E-state index contributed by atoms with van der Waals surface area (Å²) in [6.45, 7) is 1.05. The lowest BCUT2D eigenvalue weighted by atomic mass is 10.2. The van der Waals surface area contributed by atoms with E-state index in [1.165, 1.54) is 31.4 Å². The first-order valence-electron chi connectivity index (χ1n) is 10.4. The van der Waals surface area contributed by atoms with E-state index in [0.29, 0.717) is 22.2 Å². The van der Waals surface area contributed by atoms with Crippen LogP contribution in [0.25, 0.3) is 0 Å². The zero-order valence-electron chi connectivity index (χ0n) is 19.0. The van der Waals surface area contributed by atoms with Crippen molar-refractivity contribution in [1.29, 1.82) is 0 Å². The van der Waals surface area contributed by atoms with E-state index < -0.39 is 24.4 Å². The highest BCUT2D eigenvalue weighted by Gasteiger charge is 2.16.